The van der Waals surface area contributed by atoms with E-state index in [0.29, 0.717) is 29.8 Å². The van der Waals surface area contributed by atoms with Gasteiger partial charge in [0, 0.05) is 12.1 Å². The molecule has 0 unspecified atom stereocenters. The molecule has 24 heavy (non-hydrogen) atoms. The van der Waals surface area contributed by atoms with E-state index in [1.165, 1.54) is 32.1 Å². The second-order valence-corrected chi connectivity index (χ2v) is 7.57. The minimum absolute atomic E-state index is 0.0352. The molecule has 0 atom stereocenters. The van der Waals surface area contributed by atoms with Crippen LogP contribution in [0.3, 0.4) is 0 Å². The molecule has 5 heteroatoms. The molecule has 4 aliphatic carbocycles. The summed E-state index contributed by atoms with van der Waals surface area (Å²) in [5, 5.41) is 2.93. The highest BCUT2D eigenvalue weighted by Crippen LogP contribution is 2.56. The largest absolute Gasteiger partial charge is 0.462 e. The van der Waals surface area contributed by atoms with E-state index in [4.69, 9.17) is 4.74 Å². The molecule has 1 aromatic heterocycles. The molecular weight excluding hydrogens is 304 g/mol. The fourth-order valence-corrected chi connectivity index (χ4v) is 5.43. The number of pyridine rings is 1. The summed E-state index contributed by atoms with van der Waals surface area (Å²) >= 11 is 0. The summed E-state index contributed by atoms with van der Waals surface area (Å²) in [5.74, 6) is 2.69. The third-order valence-electron chi connectivity index (χ3n) is 6.07. The minimum Gasteiger partial charge on any atom is -0.462 e. The van der Waals surface area contributed by atoms with Crippen molar-refractivity contribution in [1.82, 2.24) is 4.98 Å². The molecule has 4 bridgehead atoms. The SMILES string of the molecule is CCOC(=O)c1cccnc1NC(=O)C1C2CC3CC(C2)CC1C3. The van der Waals surface area contributed by atoms with Gasteiger partial charge in [0.25, 0.3) is 0 Å². The van der Waals surface area contributed by atoms with Crippen LogP contribution < -0.4 is 5.32 Å². The third-order valence-corrected chi connectivity index (χ3v) is 6.07. The molecular formula is C19H24N2O3. The monoisotopic (exact) mass is 328 g/mol. The molecule has 1 aromatic rings. The van der Waals surface area contributed by atoms with Crippen LogP contribution in [-0.4, -0.2) is 23.5 Å². The second-order valence-electron chi connectivity index (χ2n) is 7.57. The van der Waals surface area contributed by atoms with E-state index in [0.717, 1.165) is 11.8 Å². The van der Waals surface area contributed by atoms with Crippen molar-refractivity contribution in [3.63, 3.8) is 0 Å². The zero-order chi connectivity index (χ0) is 16.7. The molecule has 5 nitrogen and oxygen atoms in total. The van der Waals surface area contributed by atoms with Crippen molar-refractivity contribution < 1.29 is 14.3 Å². The predicted molar refractivity (Wildman–Crippen MR) is 89.4 cm³/mol. The zero-order valence-corrected chi connectivity index (χ0v) is 14.0. The Hall–Kier alpha value is -1.91. The van der Waals surface area contributed by atoms with Gasteiger partial charge in [0.2, 0.25) is 5.91 Å². The second kappa shape index (κ2) is 6.19. The van der Waals surface area contributed by atoms with E-state index >= 15 is 0 Å². The topological polar surface area (TPSA) is 68.3 Å². The molecule has 0 saturated heterocycles. The molecule has 1 heterocycles. The summed E-state index contributed by atoms with van der Waals surface area (Å²) in [5.41, 5.74) is 0.330. The Bertz CT molecular complexity index is 630. The van der Waals surface area contributed by atoms with E-state index < -0.39 is 5.97 Å². The average molecular weight is 328 g/mol. The first kappa shape index (κ1) is 15.6. The molecule has 1 N–H and O–H groups in total. The Morgan fingerprint density at radius 2 is 1.83 bits per heavy atom. The number of anilines is 1. The van der Waals surface area contributed by atoms with E-state index in [1.807, 2.05) is 0 Å². The van der Waals surface area contributed by atoms with E-state index in [1.54, 1.807) is 25.3 Å². The van der Waals surface area contributed by atoms with Crippen molar-refractivity contribution in [2.24, 2.45) is 29.6 Å². The quantitative estimate of drug-likeness (QED) is 0.861. The van der Waals surface area contributed by atoms with Gasteiger partial charge in [-0.1, -0.05) is 0 Å². The molecule has 128 valence electrons. The first-order chi connectivity index (χ1) is 11.7. The number of esters is 1. The molecule has 0 aliphatic heterocycles. The number of hydrogen-bond donors (Lipinski definition) is 1. The first-order valence-electron chi connectivity index (χ1n) is 9.08. The molecule has 0 spiro atoms. The number of hydrogen-bond acceptors (Lipinski definition) is 4. The van der Waals surface area contributed by atoms with Gasteiger partial charge in [0.15, 0.2) is 0 Å². The number of ether oxygens (including phenoxy) is 1. The van der Waals surface area contributed by atoms with Gasteiger partial charge in [0.1, 0.15) is 11.4 Å². The number of amides is 1. The maximum Gasteiger partial charge on any atom is 0.341 e. The highest BCUT2D eigenvalue weighted by atomic mass is 16.5. The van der Waals surface area contributed by atoms with Crippen LogP contribution in [0.2, 0.25) is 0 Å². The van der Waals surface area contributed by atoms with Crippen molar-refractivity contribution in [2.75, 3.05) is 11.9 Å². The zero-order valence-electron chi connectivity index (χ0n) is 14.0. The lowest BCUT2D eigenvalue weighted by Crippen LogP contribution is -2.49. The number of rotatable bonds is 4. The lowest BCUT2D eigenvalue weighted by atomic mass is 9.51. The maximum absolute atomic E-state index is 12.9. The molecule has 0 radical (unpaired) electrons. The Kier molecular flexibility index (Phi) is 4.02. The summed E-state index contributed by atoms with van der Waals surface area (Å²) in [7, 11) is 0. The Balaban J connectivity index is 1.52. The van der Waals surface area contributed by atoms with Gasteiger partial charge in [0.05, 0.1) is 6.61 Å². The maximum atomic E-state index is 12.9. The van der Waals surface area contributed by atoms with Crippen molar-refractivity contribution in [3.8, 4) is 0 Å². The van der Waals surface area contributed by atoms with Gasteiger partial charge in [-0.15, -0.1) is 0 Å². The van der Waals surface area contributed by atoms with Crippen molar-refractivity contribution in [1.29, 1.82) is 0 Å². The van der Waals surface area contributed by atoms with Crippen LogP contribution in [0.4, 0.5) is 5.82 Å². The Morgan fingerprint density at radius 3 is 2.46 bits per heavy atom. The average Bonchev–Trinajstić information content (AvgIpc) is 2.54. The van der Waals surface area contributed by atoms with E-state index in [2.05, 4.69) is 10.3 Å². The summed E-state index contributed by atoms with van der Waals surface area (Å²) in [6, 6.07) is 3.34. The van der Waals surface area contributed by atoms with Crippen LogP contribution in [0.25, 0.3) is 0 Å². The molecule has 4 fully saturated rings. The third kappa shape index (κ3) is 2.70. The number of carbonyl (C=O) groups is 2. The molecule has 5 rings (SSSR count). The van der Waals surface area contributed by atoms with Gasteiger partial charge in [-0.2, -0.15) is 0 Å². The van der Waals surface area contributed by atoms with Gasteiger partial charge in [-0.3, -0.25) is 4.79 Å². The summed E-state index contributed by atoms with van der Waals surface area (Å²) in [6.45, 7) is 2.07. The summed E-state index contributed by atoms with van der Waals surface area (Å²) < 4.78 is 5.06. The molecule has 4 aliphatic rings. The fraction of sp³-hybridized carbons (Fsp3) is 0.632. The standard InChI is InChI=1S/C19H24N2O3/c1-2-24-19(23)15-4-3-5-20-17(15)21-18(22)16-13-7-11-6-12(9-13)10-14(16)8-11/h3-5,11-14,16H,2,6-10H2,1H3,(H,20,21,22). The lowest BCUT2D eigenvalue weighted by molar-refractivity contribution is -0.132. The molecule has 0 aromatic carbocycles. The summed E-state index contributed by atoms with van der Waals surface area (Å²) in [6.07, 6.45) is 7.73. The van der Waals surface area contributed by atoms with Crippen molar-refractivity contribution in [2.45, 2.75) is 39.0 Å². The van der Waals surface area contributed by atoms with Crippen LogP contribution in [0.5, 0.6) is 0 Å². The summed E-state index contributed by atoms with van der Waals surface area (Å²) in [4.78, 5) is 29.2. The van der Waals surface area contributed by atoms with Crippen LogP contribution in [-0.2, 0) is 9.53 Å². The fourth-order valence-electron chi connectivity index (χ4n) is 5.43. The Morgan fingerprint density at radius 1 is 1.17 bits per heavy atom. The number of carbonyl (C=O) groups excluding carboxylic acids is 2. The predicted octanol–water partition coefficient (Wildman–Crippen LogP) is 3.27. The number of nitrogens with one attached hydrogen (secondary N) is 1. The number of nitrogens with zero attached hydrogens (tertiary/aromatic N) is 1. The van der Waals surface area contributed by atoms with E-state index in [9.17, 15) is 9.59 Å². The van der Waals surface area contributed by atoms with Crippen LogP contribution in [0, 0.1) is 29.6 Å². The van der Waals surface area contributed by atoms with Gasteiger partial charge in [-0.05, 0) is 74.8 Å². The number of aromatic nitrogens is 1. The van der Waals surface area contributed by atoms with Crippen molar-refractivity contribution in [3.05, 3.63) is 23.9 Å². The molecule has 1 amide bonds. The normalized spacial score (nSPS) is 33.3. The van der Waals surface area contributed by atoms with Gasteiger partial charge >= 0.3 is 5.97 Å². The van der Waals surface area contributed by atoms with Crippen LogP contribution in [0.1, 0.15) is 49.4 Å². The highest BCUT2D eigenvalue weighted by Gasteiger charge is 2.50. The van der Waals surface area contributed by atoms with Crippen LogP contribution in [0.15, 0.2) is 18.3 Å². The first-order valence-corrected chi connectivity index (χ1v) is 9.08. The highest BCUT2D eigenvalue weighted by molar-refractivity contribution is 6.00. The Labute approximate surface area is 142 Å². The smallest absolute Gasteiger partial charge is 0.341 e. The van der Waals surface area contributed by atoms with E-state index in [-0.39, 0.29) is 11.8 Å². The van der Waals surface area contributed by atoms with Gasteiger partial charge in [-0.25, -0.2) is 9.78 Å². The van der Waals surface area contributed by atoms with Crippen LogP contribution >= 0.6 is 0 Å². The van der Waals surface area contributed by atoms with Gasteiger partial charge < -0.3 is 10.1 Å². The minimum atomic E-state index is -0.439. The van der Waals surface area contributed by atoms with Crippen molar-refractivity contribution >= 4 is 17.7 Å². The lowest BCUT2D eigenvalue weighted by Gasteiger charge is -2.53. The molecule has 4 saturated carbocycles.